The molecule has 1 N–H and O–H groups in total. The van der Waals surface area contributed by atoms with Gasteiger partial charge in [-0.2, -0.15) is 0 Å². The molecule has 0 radical (unpaired) electrons. The van der Waals surface area contributed by atoms with Crippen LogP contribution in [0.25, 0.3) is 0 Å². The van der Waals surface area contributed by atoms with Crippen molar-refractivity contribution in [2.75, 3.05) is 24.5 Å². The highest BCUT2D eigenvalue weighted by Gasteiger charge is 2.32. The van der Waals surface area contributed by atoms with Crippen LogP contribution in [0.3, 0.4) is 0 Å². The quantitative estimate of drug-likeness (QED) is 0.321. The van der Waals surface area contributed by atoms with Crippen molar-refractivity contribution in [1.29, 1.82) is 0 Å². The SMILES string of the molecule is COc1ccc(S(=O)(=O)N(CC(=O)N(Cc2ccc(C)cc2)C(C)C(=O)NCC(C)C)c2ccc(Cl)cc2)cc1. The number of sulfonamides is 1. The molecule has 1 atom stereocenters. The van der Waals surface area contributed by atoms with E-state index in [2.05, 4.69) is 5.32 Å². The Morgan fingerprint density at radius 2 is 1.52 bits per heavy atom. The molecular weight excluding hydrogens is 550 g/mol. The second kappa shape index (κ2) is 13.7. The molecule has 3 rings (SSSR count). The highest BCUT2D eigenvalue weighted by Crippen LogP contribution is 2.27. The van der Waals surface area contributed by atoms with E-state index in [1.807, 2.05) is 45.0 Å². The molecule has 0 bridgehead atoms. The number of nitrogens with one attached hydrogen (secondary N) is 1. The maximum absolute atomic E-state index is 13.9. The van der Waals surface area contributed by atoms with Crippen LogP contribution in [0.4, 0.5) is 5.69 Å². The lowest BCUT2D eigenvalue weighted by Crippen LogP contribution is -2.51. The first-order chi connectivity index (χ1) is 18.9. The normalized spacial score (nSPS) is 12.1. The highest BCUT2D eigenvalue weighted by molar-refractivity contribution is 7.92. The van der Waals surface area contributed by atoms with Gasteiger partial charge in [0.2, 0.25) is 11.8 Å². The van der Waals surface area contributed by atoms with Crippen molar-refractivity contribution in [3.8, 4) is 5.75 Å². The van der Waals surface area contributed by atoms with Crippen LogP contribution in [0.5, 0.6) is 5.75 Å². The van der Waals surface area contributed by atoms with Crippen LogP contribution in [-0.2, 0) is 26.2 Å². The molecule has 8 nitrogen and oxygen atoms in total. The Kier molecular flexibility index (Phi) is 10.6. The number of ether oxygens (including phenoxy) is 1. The third kappa shape index (κ3) is 7.99. The zero-order valence-electron chi connectivity index (χ0n) is 23.4. The molecule has 0 heterocycles. The number of hydrogen-bond acceptors (Lipinski definition) is 5. The third-order valence-electron chi connectivity index (χ3n) is 6.37. The van der Waals surface area contributed by atoms with Crippen molar-refractivity contribution in [2.45, 2.75) is 45.2 Å². The second-order valence-electron chi connectivity index (χ2n) is 9.99. The molecular formula is C30H36ClN3O5S. The van der Waals surface area contributed by atoms with Crippen LogP contribution >= 0.6 is 11.6 Å². The number of nitrogens with zero attached hydrogens (tertiary/aromatic N) is 2. The summed E-state index contributed by atoms with van der Waals surface area (Å²) in [4.78, 5) is 28.4. The summed E-state index contributed by atoms with van der Waals surface area (Å²) in [7, 11) is -2.69. The smallest absolute Gasteiger partial charge is 0.264 e. The van der Waals surface area contributed by atoms with Crippen LogP contribution in [-0.4, -0.2) is 51.4 Å². The molecule has 3 aromatic rings. The maximum atomic E-state index is 13.9. The minimum atomic E-state index is -4.18. The van der Waals surface area contributed by atoms with Crippen LogP contribution in [0.1, 0.15) is 31.9 Å². The Morgan fingerprint density at radius 1 is 0.925 bits per heavy atom. The lowest BCUT2D eigenvalue weighted by molar-refractivity contribution is -0.139. The fourth-order valence-electron chi connectivity index (χ4n) is 3.94. The van der Waals surface area contributed by atoms with Gasteiger partial charge < -0.3 is 15.0 Å². The number of rotatable bonds is 12. The number of anilines is 1. The molecule has 10 heteroatoms. The Bertz CT molecular complexity index is 1390. The number of carbonyl (C=O) groups excluding carboxylic acids is 2. The number of amides is 2. The van der Waals surface area contributed by atoms with Crippen molar-refractivity contribution in [1.82, 2.24) is 10.2 Å². The summed E-state index contributed by atoms with van der Waals surface area (Å²) in [6, 6.07) is 18.9. The number of aryl methyl sites for hydroxylation is 1. The summed E-state index contributed by atoms with van der Waals surface area (Å²) < 4.78 is 33.9. The molecule has 0 aliphatic heterocycles. The molecule has 40 heavy (non-hydrogen) atoms. The van der Waals surface area contributed by atoms with Crippen molar-refractivity contribution >= 4 is 39.1 Å². The Balaban J connectivity index is 2.00. The molecule has 1 unspecified atom stereocenters. The average molecular weight is 586 g/mol. The van der Waals surface area contributed by atoms with Crippen molar-refractivity contribution in [3.63, 3.8) is 0 Å². The van der Waals surface area contributed by atoms with Gasteiger partial charge in [0, 0.05) is 18.1 Å². The fraction of sp³-hybridized carbons (Fsp3) is 0.333. The van der Waals surface area contributed by atoms with E-state index in [0.29, 0.717) is 17.3 Å². The van der Waals surface area contributed by atoms with Gasteiger partial charge in [-0.05, 0) is 73.9 Å². The van der Waals surface area contributed by atoms with E-state index in [0.717, 1.165) is 15.4 Å². The van der Waals surface area contributed by atoms with Crippen molar-refractivity contribution in [2.24, 2.45) is 5.92 Å². The minimum absolute atomic E-state index is 0.0103. The molecule has 0 aliphatic rings. The maximum Gasteiger partial charge on any atom is 0.264 e. The van der Waals surface area contributed by atoms with E-state index >= 15 is 0 Å². The van der Waals surface area contributed by atoms with Gasteiger partial charge in [-0.3, -0.25) is 13.9 Å². The zero-order valence-corrected chi connectivity index (χ0v) is 25.0. The summed E-state index contributed by atoms with van der Waals surface area (Å²) in [6.07, 6.45) is 0. The van der Waals surface area contributed by atoms with E-state index < -0.39 is 28.5 Å². The molecule has 2 amide bonds. The van der Waals surface area contributed by atoms with E-state index in [1.165, 1.54) is 24.1 Å². The second-order valence-corrected chi connectivity index (χ2v) is 12.3. The predicted octanol–water partition coefficient (Wildman–Crippen LogP) is 5.04. The zero-order chi connectivity index (χ0) is 29.4. The third-order valence-corrected chi connectivity index (χ3v) is 8.41. The number of halogens is 1. The first-order valence-electron chi connectivity index (χ1n) is 13.0. The number of hydrogen-bond donors (Lipinski definition) is 1. The summed E-state index contributed by atoms with van der Waals surface area (Å²) in [5, 5.41) is 3.30. The average Bonchev–Trinajstić information content (AvgIpc) is 2.94. The predicted molar refractivity (Wildman–Crippen MR) is 158 cm³/mol. The van der Waals surface area contributed by atoms with Crippen LogP contribution in [0, 0.1) is 12.8 Å². The van der Waals surface area contributed by atoms with E-state index in [9.17, 15) is 18.0 Å². The summed E-state index contributed by atoms with van der Waals surface area (Å²) >= 11 is 6.07. The van der Waals surface area contributed by atoms with Gasteiger partial charge >= 0.3 is 0 Å². The number of carbonyl (C=O) groups is 2. The van der Waals surface area contributed by atoms with Gasteiger partial charge in [0.05, 0.1) is 17.7 Å². The topological polar surface area (TPSA) is 96.0 Å². The highest BCUT2D eigenvalue weighted by atomic mass is 35.5. The Morgan fingerprint density at radius 3 is 2.08 bits per heavy atom. The molecule has 0 saturated heterocycles. The van der Waals surface area contributed by atoms with Gasteiger partial charge in [0.15, 0.2) is 0 Å². The van der Waals surface area contributed by atoms with Gasteiger partial charge in [0.25, 0.3) is 10.0 Å². The Hall–Kier alpha value is -3.56. The minimum Gasteiger partial charge on any atom is -0.497 e. The van der Waals surface area contributed by atoms with E-state index in [4.69, 9.17) is 16.3 Å². The largest absolute Gasteiger partial charge is 0.497 e. The standard InChI is InChI=1S/C30H36ClN3O5S/c1-21(2)18-32-30(36)23(4)33(19-24-8-6-22(3)7-9-24)29(35)20-34(26-12-10-25(31)11-13-26)40(37,38)28-16-14-27(39-5)15-17-28/h6-17,21,23H,18-20H2,1-5H3,(H,32,36). The van der Waals surface area contributed by atoms with E-state index in [-0.39, 0.29) is 29.0 Å². The molecule has 3 aromatic carbocycles. The lowest BCUT2D eigenvalue weighted by Gasteiger charge is -2.32. The van der Waals surface area contributed by atoms with Crippen molar-refractivity contribution in [3.05, 3.63) is 88.9 Å². The lowest BCUT2D eigenvalue weighted by atomic mass is 10.1. The van der Waals surface area contributed by atoms with Crippen molar-refractivity contribution < 1.29 is 22.7 Å². The van der Waals surface area contributed by atoms with Crippen LogP contribution < -0.4 is 14.4 Å². The van der Waals surface area contributed by atoms with Gasteiger partial charge in [-0.15, -0.1) is 0 Å². The van der Waals surface area contributed by atoms with E-state index in [1.54, 1.807) is 43.3 Å². The number of methoxy groups -OCH3 is 1. The monoisotopic (exact) mass is 585 g/mol. The molecule has 0 aliphatic carbocycles. The number of benzene rings is 3. The van der Waals surface area contributed by atoms with Gasteiger partial charge in [-0.25, -0.2) is 8.42 Å². The Labute approximate surface area is 241 Å². The molecule has 0 aromatic heterocycles. The first-order valence-corrected chi connectivity index (χ1v) is 14.8. The summed E-state index contributed by atoms with van der Waals surface area (Å²) in [5.41, 5.74) is 2.14. The van der Waals surface area contributed by atoms with Crippen LogP contribution in [0.2, 0.25) is 5.02 Å². The van der Waals surface area contributed by atoms with Crippen LogP contribution in [0.15, 0.2) is 77.7 Å². The first kappa shape index (κ1) is 31.0. The summed E-state index contributed by atoms with van der Waals surface area (Å²) in [5.74, 6) is -0.115. The molecule has 214 valence electrons. The molecule has 0 spiro atoms. The molecule has 0 saturated carbocycles. The van der Waals surface area contributed by atoms with Gasteiger partial charge in [-0.1, -0.05) is 55.3 Å². The molecule has 0 fully saturated rings. The summed E-state index contributed by atoms with van der Waals surface area (Å²) in [6.45, 7) is 7.63. The fourth-order valence-corrected chi connectivity index (χ4v) is 5.48. The van der Waals surface area contributed by atoms with Gasteiger partial charge in [0.1, 0.15) is 18.3 Å².